The molecule has 1 aromatic carbocycles. The quantitative estimate of drug-likeness (QED) is 0.802. The summed E-state index contributed by atoms with van der Waals surface area (Å²) in [7, 11) is 1.55. The van der Waals surface area contributed by atoms with Gasteiger partial charge in [-0.15, -0.1) is 0 Å². The second kappa shape index (κ2) is 8.46. The number of hydrazine groups is 1. The number of nitrogens with one attached hydrogen (secondary N) is 1. The molecule has 0 aliphatic carbocycles. The summed E-state index contributed by atoms with van der Waals surface area (Å²) in [6.07, 6.45) is 2.99. The lowest BCUT2D eigenvalue weighted by Gasteiger charge is -2.41. The maximum Gasteiger partial charge on any atom is 0.327 e. The zero-order chi connectivity index (χ0) is 22.1. The maximum absolute atomic E-state index is 13.3. The lowest BCUT2D eigenvalue weighted by molar-refractivity contribution is -0.137. The first kappa shape index (κ1) is 21.0. The van der Waals surface area contributed by atoms with E-state index in [2.05, 4.69) is 30.3 Å². The number of amides is 3. The predicted molar refractivity (Wildman–Crippen MR) is 114 cm³/mol. The van der Waals surface area contributed by atoms with Gasteiger partial charge in [0.05, 0.1) is 23.6 Å². The molecule has 3 atom stereocenters. The minimum atomic E-state index is -0.456. The fraction of sp³-hybridized carbons (Fsp3) is 0.391. The molecule has 31 heavy (non-hydrogen) atoms. The van der Waals surface area contributed by atoms with Gasteiger partial charge in [-0.25, -0.2) is 15.2 Å². The minimum Gasteiger partial charge on any atom is -0.306 e. The van der Waals surface area contributed by atoms with Crippen molar-refractivity contribution in [2.45, 2.75) is 32.6 Å². The molecular weight excluding hydrogens is 392 g/mol. The smallest absolute Gasteiger partial charge is 0.306 e. The molecule has 3 amide bonds. The summed E-state index contributed by atoms with van der Waals surface area (Å²) in [6, 6.07) is 12.8. The third kappa shape index (κ3) is 3.90. The number of urea groups is 1. The first-order chi connectivity index (χ1) is 14.9. The van der Waals surface area contributed by atoms with Crippen LogP contribution in [0.5, 0.6) is 0 Å². The number of imide groups is 1. The Balaban J connectivity index is 1.75. The summed E-state index contributed by atoms with van der Waals surface area (Å²) >= 11 is 0. The molecule has 4 rings (SSSR count). The molecule has 1 N–H and O–H groups in total. The van der Waals surface area contributed by atoms with Gasteiger partial charge in [-0.2, -0.15) is 5.26 Å². The summed E-state index contributed by atoms with van der Waals surface area (Å²) in [4.78, 5) is 33.3. The van der Waals surface area contributed by atoms with E-state index in [1.807, 2.05) is 35.3 Å². The first-order valence-electron chi connectivity index (χ1n) is 10.4. The van der Waals surface area contributed by atoms with Crippen LogP contribution in [0.15, 0.2) is 48.8 Å². The molecule has 3 heterocycles. The van der Waals surface area contributed by atoms with E-state index in [4.69, 9.17) is 0 Å². The molecule has 2 fully saturated rings. The number of hydrogen-bond acceptors (Lipinski definition) is 6. The highest BCUT2D eigenvalue weighted by molar-refractivity contribution is 5.99. The fourth-order valence-electron chi connectivity index (χ4n) is 4.47. The molecule has 1 aromatic heterocycles. The summed E-state index contributed by atoms with van der Waals surface area (Å²) in [5, 5.41) is 11.3. The molecule has 2 aromatic rings. The van der Waals surface area contributed by atoms with Crippen molar-refractivity contribution in [3.63, 3.8) is 0 Å². The number of carbonyl (C=O) groups excluding carboxylic acids is 2. The molecule has 3 unspecified atom stereocenters. The molecule has 0 saturated carbocycles. The van der Waals surface area contributed by atoms with E-state index in [9.17, 15) is 14.9 Å². The van der Waals surface area contributed by atoms with Crippen molar-refractivity contribution in [1.29, 1.82) is 5.26 Å². The Labute approximate surface area is 182 Å². The van der Waals surface area contributed by atoms with Crippen LogP contribution in [0.3, 0.4) is 0 Å². The standard InChI is InChI=1S/C23H26N6O2/c1-15(2)13-28-21-19(22(30)27(3)23(28)31)20(18-7-9-25-10-8-18)29(26-21)14-17-6-4-5-16(11-17)12-24/h4-11,15,19-21,26H,13-14H2,1-3H3. The molecule has 8 heteroatoms. The van der Waals surface area contributed by atoms with Gasteiger partial charge in [0.15, 0.2) is 0 Å². The number of nitrogens with zero attached hydrogens (tertiary/aromatic N) is 5. The third-order valence-electron chi connectivity index (χ3n) is 5.82. The van der Waals surface area contributed by atoms with Crippen molar-refractivity contribution in [3.8, 4) is 6.07 Å². The molecular formula is C23H26N6O2. The SMILES string of the molecule is CC(C)CN1C(=O)N(C)C(=O)C2C(c3ccncc3)N(Cc3cccc(C#N)c3)NC21. The second-order valence-corrected chi connectivity index (χ2v) is 8.49. The van der Waals surface area contributed by atoms with Crippen LogP contribution in [0.1, 0.15) is 36.6 Å². The van der Waals surface area contributed by atoms with Gasteiger partial charge in [0.1, 0.15) is 6.17 Å². The van der Waals surface area contributed by atoms with E-state index in [-0.39, 0.29) is 23.9 Å². The lowest BCUT2D eigenvalue weighted by Crippen LogP contribution is -2.63. The van der Waals surface area contributed by atoms with Gasteiger partial charge in [0.25, 0.3) is 0 Å². The summed E-state index contributed by atoms with van der Waals surface area (Å²) in [5.74, 6) is -0.394. The highest BCUT2D eigenvalue weighted by atomic mass is 16.2. The number of benzene rings is 1. The Hall–Kier alpha value is -3.28. The zero-order valence-electron chi connectivity index (χ0n) is 17.9. The van der Waals surface area contributed by atoms with E-state index in [1.54, 1.807) is 30.4 Å². The van der Waals surface area contributed by atoms with Crippen LogP contribution in [0.4, 0.5) is 4.79 Å². The molecule has 0 bridgehead atoms. The molecule has 2 aliphatic rings. The van der Waals surface area contributed by atoms with E-state index in [1.165, 1.54) is 4.90 Å². The average Bonchev–Trinajstić information content (AvgIpc) is 3.14. The van der Waals surface area contributed by atoms with Crippen LogP contribution >= 0.6 is 0 Å². The monoisotopic (exact) mass is 418 g/mol. The topological polar surface area (TPSA) is 92.6 Å². The summed E-state index contributed by atoms with van der Waals surface area (Å²) < 4.78 is 0. The highest BCUT2D eigenvalue weighted by Crippen LogP contribution is 2.41. The average molecular weight is 419 g/mol. The first-order valence-corrected chi connectivity index (χ1v) is 10.4. The number of hydrogen-bond donors (Lipinski definition) is 1. The normalized spacial score (nSPS) is 23.9. The molecule has 0 radical (unpaired) electrons. The van der Waals surface area contributed by atoms with Crippen LogP contribution in [-0.4, -0.2) is 51.5 Å². The van der Waals surface area contributed by atoms with E-state index >= 15 is 0 Å². The van der Waals surface area contributed by atoms with Crippen LogP contribution in [-0.2, 0) is 11.3 Å². The number of pyridine rings is 1. The predicted octanol–water partition coefficient (Wildman–Crippen LogP) is 2.51. The van der Waals surface area contributed by atoms with Gasteiger partial charge in [-0.05, 0) is 41.3 Å². The number of carbonyl (C=O) groups is 2. The second-order valence-electron chi connectivity index (χ2n) is 8.49. The van der Waals surface area contributed by atoms with Crippen molar-refractivity contribution in [2.75, 3.05) is 13.6 Å². The Morgan fingerprint density at radius 2 is 1.94 bits per heavy atom. The molecule has 2 aliphatic heterocycles. The number of nitriles is 1. The third-order valence-corrected chi connectivity index (χ3v) is 5.82. The highest BCUT2D eigenvalue weighted by Gasteiger charge is 2.55. The number of rotatable bonds is 5. The number of aromatic nitrogens is 1. The summed E-state index contributed by atoms with van der Waals surface area (Å²) in [5.41, 5.74) is 5.94. The Morgan fingerprint density at radius 1 is 1.19 bits per heavy atom. The largest absolute Gasteiger partial charge is 0.327 e. The molecule has 2 saturated heterocycles. The van der Waals surface area contributed by atoms with Crippen molar-refractivity contribution in [1.82, 2.24) is 25.2 Å². The summed E-state index contributed by atoms with van der Waals surface area (Å²) in [6.45, 7) is 5.14. The van der Waals surface area contributed by atoms with Crippen molar-refractivity contribution < 1.29 is 9.59 Å². The van der Waals surface area contributed by atoms with Crippen molar-refractivity contribution in [2.24, 2.45) is 11.8 Å². The van der Waals surface area contributed by atoms with Gasteiger partial charge in [0, 0.05) is 32.5 Å². The Kier molecular flexibility index (Phi) is 5.72. The van der Waals surface area contributed by atoms with Crippen LogP contribution < -0.4 is 5.43 Å². The zero-order valence-corrected chi connectivity index (χ0v) is 17.9. The lowest BCUT2D eigenvalue weighted by atomic mass is 9.89. The fourth-order valence-corrected chi connectivity index (χ4v) is 4.47. The van der Waals surface area contributed by atoms with Gasteiger partial charge in [-0.1, -0.05) is 26.0 Å². The van der Waals surface area contributed by atoms with Crippen molar-refractivity contribution in [3.05, 3.63) is 65.5 Å². The van der Waals surface area contributed by atoms with Gasteiger partial charge in [0.2, 0.25) is 5.91 Å². The van der Waals surface area contributed by atoms with E-state index in [0.717, 1.165) is 11.1 Å². The van der Waals surface area contributed by atoms with Crippen LogP contribution in [0.25, 0.3) is 0 Å². The van der Waals surface area contributed by atoms with Crippen molar-refractivity contribution >= 4 is 11.9 Å². The minimum absolute atomic E-state index is 0.197. The van der Waals surface area contributed by atoms with Gasteiger partial charge in [-0.3, -0.25) is 14.7 Å². The molecule has 8 nitrogen and oxygen atoms in total. The number of fused-ring (bicyclic) bond motifs is 1. The molecule has 0 spiro atoms. The van der Waals surface area contributed by atoms with Crippen LogP contribution in [0.2, 0.25) is 0 Å². The van der Waals surface area contributed by atoms with E-state index < -0.39 is 12.1 Å². The van der Waals surface area contributed by atoms with Crippen LogP contribution in [0, 0.1) is 23.2 Å². The van der Waals surface area contributed by atoms with Gasteiger partial charge >= 0.3 is 6.03 Å². The Bertz CT molecular complexity index is 1020. The Morgan fingerprint density at radius 3 is 2.61 bits per heavy atom. The maximum atomic E-state index is 13.3. The van der Waals surface area contributed by atoms with E-state index in [0.29, 0.717) is 18.7 Å². The molecule has 160 valence electrons. The van der Waals surface area contributed by atoms with Gasteiger partial charge < -0.3 is 4.90 Å².